The van der Waals surface area contributed by atoms with E-state index in [1.54, 1.807) is 6.20 Å². The number of benzene rings is 1. The number of ether oxygens (including phenoxy) is 2. The lowest BCUT2D eigenvalue weighted by Gasteiger charge is -2.12. The molecule has 0 bridgehead atoms. The van der Waals surface area contributed by atoms with Crippen molar-refractivity contribution in [3.8, 4) is 17.4 Å². The maximum absolute atomic E-state index is 11.7. The number of carbonyl (C=O) groups is 1. The smallest absolute Gasteiger partial charge is 0.223 e. The summed E-state index contributed by atoms with van der Waals surface area (Å²) in [6, 6.07) is 11.3. The Labute approximate surface area is 183 Å². The Hall–Kier alpha value is -3.29. The van der Waals surface area contributed by atoms with Crippen molar-refractivity contribution in [3.63, 3.8) is 0 Å². The van der Waals surface area contributed by atoms with Gasteiger partial charge < -0.3 is 25.4 Å². The van der Waals surface area contributed by atoms with E-state index in [1.807, 2.05) is 50.2 Å². The van der Waals surface area contributed by atoms with Crippen LogP contribution in [0.2, 0.25) is 0 Å². The van der Waals surface area contributed by atoms with Crippen LogP contribution >= 0.6 is 0 Å². The Morgan fingerprint density at radius 3 is 2.52 bits per heavy atom. The van der Waals surface area contributed by atoms with Gasteiger partial charge in [-0.3, -0.25) is 4.79 Å². The molecule has 3 rings (SSSR count). The highest BCUT2D eigenvalue weighted by Gasteiger charge is 2.28. The quantitative estimate of drug-likeness (QED) is 0.291. The van der Waals surface area contributed by atoms with Crippen LogP contribution in [-0.2, 0) is 11.3 Å². The van der Waals surface area contributed by atoms with Crippen LogP contribution in [0, 0.1) is 5.92 Å². The summed E-state index contributed by atoms with van der Waals surface area (Å²) >= 11 is 0. The molecule has 1 aromatic carbocycles. The van der Waals surface area contributed by atoms with Crippen LogP contribution < -0.4 is 25.4 Å². The van der Waals surface area contributed by atoms with Crippen molar-refractivity contribution in [1.82, 2.24) is 20.9 Å². The molecule has 8 heteroatoms. The molecule has 0 saturated heterocycles. The van der Waals surface area contributed by atoms with E-state index >= 15 is 0 Å². The predicted octanol–water partition coefficient (Wildman–Crippen LogP) is 2.85. The lowest BCUT2D eigenvalue weighted by atomic mass is 10.3. The Morgan fingerprint density at radius 1 is 1.06 bits per heavy atom. The minimum absolute atomic E-state index is 0.154. The molecule has 166 valence electrons. The number of amides is 1. The summed E-state index contributed by atoms with van der Waals surface area (Å²) in [6.07, 6.45) is 3.78. The number of para-hydroxylation sites is 2. The fourth-order valence-corrected chi connectivity index (χ4v) is 2.86. The van der Waals surface area contributed by atoms with Gasteiger partial charge in [0.2, 0.25) is 11.8 Å². The summed E-state index contributed by atoms with van der Waals surface area (Å²) < 4.78 is 11.4. The van der Waals surface area contributed by atoms with E-state index in [0.717, 1.165) is 24.9 Å². The van der Waals surface area contributed by atoms with E-state index < -0.39 is 0 Å². The SMILES string of the molecule is CCNC(=NCc1ccc(Oc2ccccc2OCC)nc1)NCCNC(=O)C1CC1. The van der Waals surface area contributed by atoms with E-state index in [2.05, 4.69) is 25.9 Å². The normalized spacial score (nSPS) is 13.4. The third-order valence-corrected chi connectivity index (χ3v) is 4.59. The van der Waals surface area contributed by atoms with Crippen molar-refractivity contribution in [2.24, 2.45) is 10.9 Å². The summed E-state index contributed by atoms with van der Waals surface area (Å²) in [5, 5.41) is 9.38. The summed E-state index contributed by atoms with van der Waals surface area (Å²) in [5.41, 5.74) is 0.963. The van der Waals surface area contributed by atoms with Crippen LogP contribution in [0.4, 0.5) is 0 Å². The standard InChI is InChI=1S/C23H31N5O3/c1-3-24-23(26-14-13-25-22(29)18-10-11-18)28-16-17-9-12-21(27-15-17)31-20-8-6-5-7-19(20)30-4-2/h5-9,12,15,18H,3-4,10-11,13-14,16H2,1-2H3,(H,25,29)(H2,24,26,28). The third kappa shape index (κ3) is 7.47. The van der Waals surface area contributed by atoms with E-state index in [1.165, 1.54) is 0 Å². The van der Waals surface area contributed by atoms with Gasteiger partial charge in [-0.1, -0.05) is 18.2 Å². The van der Waals surface area contributed by atoms with Gasteiger partial charge in [0.15, 0.2) is 17.5 Å². The van der Waals surface area contributed by atoms with Crippen LogP contribution in [-0.4, -0.2) is 43.1 Å². The van der Waals surface area contributed by atoms with E-state index in [9.17, 15) is 4.79 Å². The van der Waals surface area contributed by atoms with Gasteiger partial charge in [0.05, 0.1) is 13.2 Å². The first-order chi connectivity index (χ1) is 15.2. The number of guanidine groups is 1. The third-order valence-electron chi connectivity index (χ3n) is 4.59. The van der Waals surface area contributed by atoms with E-state index in [0.29, 0.717) is 49.6 Å². The fourth-order valence-electron chi connectivity index (χ4n) is 2.86. The molecule has 1 aliphatic carbocycles. The van der Waals surface area contributed by atoms with Gasteiger partial charge in [0.1, 0.15) is 0 Å². The molecule has 0 atom stereocenters. The summed E-state index contributed by atoms with van der Waals surface area (Å²) in [7, 11) is 0. The number of aromatic nitrogens is 1. The number of hydrogen-bond donors (Lipinski definition) is 3. The maximum Gasteiger partial charge on any atom is 0.223 e. The number of carbonyl (C=O) groups excluding carboxylic acids is 1. The Kier molecular flexibility index (Phi) is 8.51. The minimum Gasteiger partial charge on any atom is -0.490 e. The molecule has 0 aliphatic heterocycles. The second kappa shape index (κ2) is 11.8. The van der Waals surface area contributed by atoms with Crippen molar-refractivity contribution in [1.29, 1.82) is 0 Å². The Bertz CT molecular complexity index is 866. The van der Waals surface area contributed by atoms with Crippen molar-refractivity contribution >= 4 is 11.9 Å². The van der Waals surface area contributed by atoms with E-state index in [-0.39, 0.29) is 11.8 Å². The summed E-state index contributed by atoms with van der Waals surface area (Å²) in [4.78, 5) is 20.6. The van der Waals surface area contributed by atoms with Gasteiger partial charge in [-0.25, -0.2) is 9.98 Å². The van der Waals surface area contributed by atoms with Crippen LogP contribution in [0.5, 0.6) is 17.4 Å². The average Bonchev–Trinajstić information content (AvgIpc) is 3.63. The van der Waals surface area contributed by atoms with Gasteiger partial charge in [-0.15, -0.1) is 0 Å². The average molecular weight is 426 g/mol. The number of rotatable bonds is 11. The largest absolute Gasteiger partial charge is 0.490 e. The van der Waals surface area contributed by atoms with Crippen molar-refractivity contribution < 1.29 is 14.3 Å². The lowest BCUT2D eigenvalue weighted by Crippen LogP contribution is -2.41. The molecule has 8 nitrogen and oxygen atoms in total. The zero-order valence-electron chi connectivity index (χ0n) is 18.2. The highest BCUT2D eigenvalue weighted by Crippen LogP contribution is 2.30. The molecule has 0 spiro atoms. The van der Waals surface area contributed by atoms with Gasteiger partial charge in [-0.05, 0) is 44.4 Å². The molecule has 2 aromatic rings. The minimum atomic E-state index is 0.154. The molecule has 1 aromatic heterocycles. The van der Waals surface area contributed by atoms with Gasteiger partial charge in [0, 0.05) is 37.8 Å². The zero-order chi connectivity index (χ0) is 21.9. The number of nitrogens with one attached hydrogen (secondary N) is 3. The van der Waals surface area contributed by atoms with Crippen LogP contribution in [0.1, 0.15) is 32.3 Å². The molecule has 0 radical (unpaired) electrons. The van der Waals surface area contributed by atoms with Crippen molar-refractivity contribution in [2.45, 2.75) is 33.2 Å². The van der Waals surface area contributed by atoms with Crippen LogP contribution in [0.3, 0.4) is 0 Å². The van der Waals surface area contributed by atoms with E-state index in [4.69, 9.17) is 9.47 Å². The first-order valence-electron chi connectivity index (χ1n) is 10.8. The van der Waals surface area contributed by atoms with Crippen LogP contribution in [0.25, 0.3) is 0 Å². The number of hydrogen-bond acceptors (Lipinski definition) is 5. The molecule has 1 aliphatic rings. The monoisotopic (exact) mass is 425 g/mol. The molecule has 1 fully saturated rings. The second-order valence-corrected chi connectivity index (χ2v) is 7.17. The van der Waals surface area contributed by atoms with Crippen molar-refractivity contribution in [2.75, 3.05) is 26.2 Å². The molecular weight excluding hydrogens is 394 g/mol. The number of aliphatic imine (C=N–C) groups is 1. The first-order valence-corrected chi connectivity index (χ1v) is 10.8. The summed E-state index contributed by atoms with van der Waals surface area (Å²) in [5.74, 6) is 2.91. The van der Waals surface area contributed by atoms with Crippen molar-refractivity contribution in [3.05, 3.63) is 48.2 Å². The van der Waals surface area contributed by atoms with Crippen LogP contribution in [0.15, 0.2) is 47.6 Å². The van der Waals surface area contributed by atoms with Gasteiger partial charge >= 0.3 is 0 Å². The first kappa shape index (κ1) is 22.4. The molecule has 1 saturated carbocycles. The molecule has 1 amide bonds. The topological polar surface area (TPSA) is 96.9 Å². The predicted molar refractivity (Wildman–Crippen MR) is 120 cm³/mol. The molecular formula is C23H31N5O3. The van der Waals surface area contributed by atoms with Gasteiger partial charge in [-0.2, -0.15) is 0 Å². The summed E-state index contributed by atoms with van der Waals surface area (Å²) in [6.45, 7) is 6.95. The Morgan fingerprint density at radius 2 is 1.84 bits per heavy atom. The fraction of sp³-hybridized carbons (Fsp3) is 0.435. The van der Waals surface area contributed by atoms with Gasteiger partial charge in [0.25, 0.3) is 0 Å². The molecule has 31 heavy (non-hydrogen) atoms. The number of pyridine rings is 1. The lowest BCUT2D eigenvalue weighted by molar-refractivity contribution is -0.122. The highest BCUT2D eigenvalue weighted by atomic mass is 16.5. The molecule has 3 N–H and O–H groups in total. The number of nitrogens with zero attached hydrogens (tertiary/aromatic N) is 2. The highest BCUT2D eigenvalue weighted by molar-refractivity contribution is 5.81. The maximum atomic E-state index is 11.7. The zero-order valence-corrected chi connectivity index (χ0v) is 18.2. The molecule has 1 heterocycles. The molecule has 0 unspecified atom stereocenters. The Balaban J connectivity index is 1.49. The second-order valence-electron chi connectivity index (χ2n) is 7.17.